The lowest BCUT2D eigenvalue weighted by Crippen LogP contribution is -2.38. The molecule has 1 aliphatic rings. The normalized spacial score (nSPS) is 19.1. The standard InChI is InChI=1S/C39H44N2O6/c1-26(30-10-6-5-7-11-30)41(4)24-35-22-37(32-16-14-29(25-42)15-17-32)47-39(46-35)33-20-18-31(19-21-33)36-13-9-8-12-34(36)23-40-38(44)27(2)45-28(3)43/h5-21,26-27,35,37,39,42H,22-25H2,1-4H3,(H,40,44)/t26-,27-,35-,37+,39+/m0/s1. The topological polar surface area (TPSA) is 97.3 Å². The maximum atomic E-state index is 12.5. The van der Waals surface area contributed by atoms with E-state index in [0.29, 0.717) is 13.0 Å². The molecule has 0 aliphatic carbocycles. The Hall–Kier alpha value is -4.34. The van der Waals surface area contributed by atoms with Gasteiger partial charge in [0.15, 0.2) is 12.4 Å². The predicted molar refractivity (Wildman–Crippen MR) is 181 cm³/mol. The number of aliphatic hydroxyl groups excluding tert-OH is 1. The number of likely N-dealkylation sites (N-methyl/N-ethyl adjacent to an activating group) is 1. The molecule has 8 heteroatoms. The van der Waals surface area contributed by atoms with Crippen LogP contribution >= 0.6 is 0 Å². The molecule has 8 nitrogen and oxygen atoms in total. The molecule has 1 fully saturated rings. The van der Waals surface area contributed by atoms with Crippen molar-refractivity contribution in [2.45, 2.75) is 71.0 Å². The Morgan fingerprint density at radius 3 is 2.23 bits per heavy atom. The summed E-state index contributed by atoms with van der Waals surface area (Å²) >= 11 is 0. The molecule has 0 spiro atoms. The summed E-state index contributed by atoms with van der Waals surface area (Å²) in [6, 6.07) is 34.6. The first kappa shape index (κ1) is 34.0. The van der Waals surface area contributed by atoms with Gasteiger partial charge in [0.2, 0.25) is 0 Å². The number of carbonyl (C=O) groups is 2. The van der Waals surface area contributed by atoms with Crippen LogP contribution in [0, 0.1) is 0 Å². The van der Waals surface area contributed by atoms with E-state index in [0.717, 1.165) is 39.9 Å². The predicted octanol–water partition coefficient (Wildman–Crippen LogP) is 6.65. The van der Waals surface area contributed by atoms with Crippen molar-refractivity contribution in [3.63, 3.8) is 0 Å². The molecule has 0 bridgehead atoms. The molecular weight excluding hydrogens is 592 g/mol. The van der Waals surface area contributed by atoms with Gasteiger partial charge in [-0.15, -0.1) is 0 Å². The fraction of sp³-hybridized carbons (Fsp3) is 0.333. The third-order valence-electron chi connectivity index (χ3n) is 8.73. The van der Waals surface area contributed by atoms with Crippen LogP contribution in [0.3, 0.4) is 0 Å². The van der Waals surface area contributed by atoms with Gasteiger partial charge in [-0.05, 0) is 54.3 Å². The quantitative estimate of drug-likeness (QED) is 0.168. The van der Waals surface area contributed by atoms with Gasteiger partial charge in [0.1, 0.15) is 0 Å². The monoisotopic (exact) mass is 636 g/mol. The smallest absolute Gasteiger partial charge is 0.303 e. The molecule has 5 atom stereocenters. The van der Waals surface area contributed by atoms with Crippen LogP contribution in [0.15, 0.2) is 103 Å². The third kappa shape index (κ3) is 8.93. The molecule has 47 heavy (non-hydrogen) atoms. The molecule has 1 amide bonds. The van der Waals surface area contributed by atoms with Crippen LogP contribution in [0.5, 0.6) is 0 Å². The Kier molecular flexibility index (Phi) is 11.6. The number of ether oxygens (including phenoxy) is 3. The lowest BCUT2D eigenvalue weighted by Gasteiger charge is -2.39. The molecule has 4 aromatic carbocycles. The highest BCUT2D eigenvalue weighted by Crippen LogP contribution is 2.39. The molecular formula is C39H44N2O6. The number of benzene rings is 4. The van der Waals surface area contributed by atoms with Gasteiger partial charge >= 0.3 is 5.97 Å². The minimum absolute atomic E-state index is 0.00240. The van der Waals surface area contributed by atoms with E-state index < -0.39 is 18.4 Å². The van der Waals surface area contributed by atoms with Crippen LogP contribution in [0.25, 0.3) is 11.1 Å². The number of hydrogen-bond donors (Lipinski definition) is 2. The number of hydrogen-bond acceptors (Lipinski definition) is 7. The van der Waals surface area contributed by atoms with Crippen LogP contribution in [-0.2, 0) is 37.0 Å². The van der Waals surface area contributed by atoms with Crippen molar-refractivity contribution in [1.82, 2.24) is 10.2 Å². The molecule has 0 radical (unpaired) electrons. The van der Waals surface area contributed by atoms with Crippen LogP contribution in [-0.4, -0.2) is 47.7 Å². The zero-order chi connectivity index (χ0) is 33.3. The molecule has 1 heterocycles. The first-order chi connectivity index (χ1) is 22.7. The second-order valence-electron chi connectivity index (χ2n) is 12.1. The highest BCUT2D eigenvalue weighted by molar-refractivity contribution is 5.83. The lowest BCUT2D eigenvalue weighted by atomic mass is 9.97. The first-order valence-electron chi connectivity index (χ1n) is 16.1. The molecule has 2 N–H and O–H groups in total. The summed E-state index contributed by atoms with van der Waals surface area (Å²) < 4.78 is 18.2. The van der Waals surface area contributed by atoms with Gasteiger partial charge in [0.25, 0.3) is 5.91 Å². The Morgan fingerprint density at radius 2 is 1.55 bits per heavy atom. The van der Waals surface area contributed by atoms with E-state index in [2.05, 4.69) is 48.5 Å². The van der Waals surface area contributed by atoms with E-state index in [1.165, 1.54) is 12.5 Å². The summed E-state index contributed by atoms with van der Waals surface area (Å²) in [5, 5.41) is 12.4. The molecule has 4 aromatic rings. The van der Waals surface area contributed by atoms with Crippen molar-refractivity contribution in [2.24, 2.45) is 0 Å². The number of nitrogens with zero attached hydrogens (tertiary/aromatic N) is 1. The van der Waals surface area contributed by atoms with E-state index in [4.69, 9.17) is 14.2 Å². The number of aliphatic hydroxyl groups is 1. The Morgan fingerprint density at radius 1 is 0.894 bits per heavy atom. The van der Waals surface area contributed by atoms with Crippen LogP contribution in [0.4, 0.5) is 0 Å². The lowest BCUT2D eigenvalue weighted by molar-refractivity contribution is -0.253. The minimum atomic E-state index is -0.865. The number of esters is 1. The highest BCUT2D eigenvalue weighted by Gasteiger charge is 2.33. The number of carbonyl (C=O) groups excluding carboxylic acids is 2. The molecule has 1 aliphatic heterocycles. The summed E-state index contributed by atoms with van der Waals surface area (Å²) in [5.74, 6) is -0.846. The van der Waals surface area contributed by atoms with Gasteiger partial charge in [-0.25, -0.2) is 0 Å². The van der Waals surface area contributed by atoms with E-state index in [-0.39, 0.29) is 30.8 Å². The van der Waals surface area contributed by atoms with E-state index in [1.54, 1.807) is 6.92 Å². The molecule has 0 aromatic heterocycles. The van der Waals surface area contributed by atoms with Gasteiger partial charge in [-0.2, -0.15) is 0 Å². The van der Waals surface area contributed by atoms with Crippen LogP contribution in [0.2, 0.25) is 0 Å². The largest absolute Gasteiger partial charge is 0.453 e. The van der Waals surface area contributed by atoms with Crippen molar-refractivity contribution in [2.75, 3.05) is 13.6 Å². The summed E-state index contributed by atoms with van der Waals surface area (Å²) in [7, 11) is 2.13. The number of rotatable bonds is 12. The Balaban J connectivity index is 1.33. The van der Waals surface area contributed by atoms with Crippen molar-refractivity contribution < 1.29 is 28.9 Å². The van der Waals surface area contributed by atoms with Crippen molar-refractivity contribution >= 4 is 11.9 Å². The van der Waals surface area contributed by atoms with E-state index in [1.807, 2.05) is 78.9 Å². The van der Waals surface area contributed by atoms with Gasteiger partial charge in [-0.3, -0.25) is 14.5 Å². The third-order valence-corrected chi connectivity index (χ3v) is 8.73. The maximum absolute atomic E-state index is 12.5. The number of amides is 1. The maximum Gasteiger partial charge on any atom is 0.303 e. The second-order valence-corrected chi connectivity index (χ2v) is 12.1. The van der Waals surface area contributed by atoms with E-state index >= 15 is 0 Å². The number of nitrogens with one attached hydrogen (secondary N) is 1. The second kappa shape index (κ2) is 16.0. The van der Waals surface area contributed by atoms with Crippen molar-refractivity contribution in [3.05, 3.63) is 131 Å². The molecule has 0 saturated carbocycles. The van der Waals surface area contributed by atoms with Gasteiger partial charge in [0.05, 0.1) is 18.8 Å². The van der Waals surface area contributed by atoms with Gasteiger partial charge < -0.3 is 24.6 Å². The fourth-order valence-corrected chi connectivity index (χ4v) is 5.90. The summed E-state index contributed by atoms with van der Waals surface area (Å²) in [6.45, 7) is 6.07. The van der Waals surface area contributed by atoms with Crippen LogP contribution < -0.4 is 5.32 Å². The minimum Gasteiger partial charge on any atom is -0.453 e. The molecule has 246 valence electrons. The first-order valence-corrected chi connectivity index (χ1v) is 16.1. The summed E-state index contributed by atoms with van der Waals surface area (Å²) in [5.41, 5.74) is 7.00. The molecule has 1 saturated heterocycles. The highest BCUT2D eigenvalue weighted by atomic mass is 16.7. The van der Waals surface area contributed by atoms with Crippen molar-refractivity contribution in [1.29, 1.82) is 0 Å². The van der Waals surface area contributed by atoms with Crippen molar-refractivity contribution in [3.8, 4) is 11.1 Å². The zero-order valence-electron chi connectivity index (χ0n) is 27.5. The molecule has 0 unspecified atom stereocenters. The SMILES string of the molecule is CC(=O)O[C@@H](C)C(=O)NCc1ccccc1-c1ccc([C@@H]2O[C@H](CN(C)[C@@H](C)c3ccccc3)C[C@H](c3ccc(CO)cc3)O2)cc1. The molecule has 5 rings (SSSR count). The average Bonchev–Trinajstić information content (AvgIpc) is 3.10. The van der Waals surface area contributed by atoms with Gasteiger partial charge in [-0.1, -0.05) is 103 Å². The Labute approximate surface area is 277 Å². The Bertz CT molecular complexity index is 1610. The average molecular weight is 637 g/mol. The summed E-state index contributed by atoms with van der Waals surface area (Å²) in [6.07, 6.45) is -0.983. The van der Waals surface area contributed by atoms with Crippen LogP contribution in [0.1, 0.15) is 73.4 Å². The van der Waals surface area contributed by atoms with E-state index in [9.17, 15) is 14.7 Å². The summed E-state index contributed by atoms with van der Waals surface area (Å²) in [4.78, 5) is 26.0. The fourth-order valence-electron chi connectivity index (χ4n) is 5.90. The zero-order valence-corrected chi connectivity index (χ0v) is 27.5. The van der Waals surface area contributed by atoms with Gasteiger partial charge in [0, 0.05) is 38.0 Å².